The molecule has 0 spiro atoms. The van der Waals surface area contributed by atoms with Crippen LogP contribution < -0.4 is 56.5 Å². The third-order valence-corrected chi connectivity index (χ3v) is 3.83. The van der Waals surface area contributed by atoms with Gasteiger partial charge in [0.05, 0.1) is 0 Å². The molecule has 0 saturated heterocycles. The van der Waals surface area contributed by atoms with Crippen molar-refractivity contribution in [3.63, 3.8) is 0 Å². The maximum absolute atomic E-state index is 10.6. The minimum absolute atomic E-state index is 0. The van der Waals surface area contributed by atoms with Crippen molar-refractivity contribution in [3.05, 3.63) is 18.2 Å². The average molecular weight is 280 g/mol. The molecule has 0 fully saturated rings. The number of aromatic nitrogens is 2. The Labute approximate surface area is 145 Å². The van der Waals surface area contributed by atoms with E-state index in [1.165, 1.54) is 10.8 Å². The standard InChI is InChI=1S/C10H18N2O3Si.K/c1-16(2,3)7-6-15-8-12-5-4-11-9(12)10(13)14;/h4-5H,6-8H2,1-3H3,(H,13,14);/q;+1/p-1. The summed E-state index contributed by atoms with van der Waals surface area (Å²) >= 11 is 0. The van der Waals surface area contributed by atoms with Crippen LogP contribution in [0.2, 0.25) is 25.7 Å². The molecule has 0 bridgehead atoms. The largest absolute Gasteiger partial charge is 1.00 e. The first-order chi connectivity index (χ1) is 7.40. The first kappa shape index (κ1) is 17.5. The molecule has 0 radical (unpaired) electrons. The third kappa shape index (κ3) is 6.85. The summed E-state index contributed by atoms with van der Waals surface area (Å²) in [5, 5.41) is 10.6. The summed E-state index contributed by atoms with van der Waals surface area (Å²) in [7, 11) is -1.09. The summed E-state index contributed by atoms with van der Waals surface area (Å²) in [4.78, 5) is 14.3. The van der Waals surface area contributed by atoms with Crippen LogP contribution in [-0.2, 0) is 11.5 Å². The Hall–Kier alpha value is 0.493. The molecule has 0 saturated carbocycles. The van der Waals surface area contributed by atoms with Crippen LogP contribution in [0.4, 0.5) is 0 Å². The van der Waals surface area contributed by atoms with Crippen molar-refractivity contribution < 1.29 is 66.0 Å². The normalized spacial score (nSPS) is 11.0. The zero-order chi connectivity index (χ0) is 12.2. The van der Waals surface area contributed by atoms with Crippen molar-refractivity contribution in [2.75, 3.05) is 6.61 Å². The fraction of sp³-hybridized carbons (Fsp3) is 0.600. The summed E-state index contributed by atoms with van der Waals surface area (Å²) in [5.41, 5.74) is 0. The van der Waals surface area contributed by atoms with Crippen LogP contribution in [0.3, 0.4) is 0 Å². The maximum Gasteiger partial charge on any atom is 1.00 e. The molecule has 17 heavy (non-hydrogen) atoms. The summed E-state index contributed by atoms with van der Waals surface area (Å²) < 4.78 is 6.84. The fourth-order valence-electron chi connectivity index (χ4n) is 1.14. The second kappa shape index (κ2) is 7.83. The monoisotopic (exact) mass is 280 g/mol. The number of aromatic carboxylic acids is 1. The van der Waals surface area contributed by atoms with Crippen LogP contribution in [0, 0.1) is 0 Å². The van der Waals surface area contributed by atoms with Crippen molar-refractivity contribution in [2.45, 2.75) is 32.4 Å². The first-order valence-corrected chi connectivity index (χ1v) is 8.91. The minimum atomic E-state index is -1.28. The van der Waals surface area contributed by atoms with E-state index in [0.29, 0.717) is 6.61 Å². The van der Waals surface area contributed by atoms with Crippen molar-refractivity contribution in [1.29, 1.82) is 0 Å². The van der Waals surface area contributed by atoms with Gasteiger partial charge in [0.15, 0.2) is 5.82 Å². The van der Waals surface area contributed by atoms with Gasteiger partial charge in [0.25, 0.3) is 0 Å². The zero-order valence-electron chi connectivity index (χ0n) is 10.9. The Morgan fingerprint density at radius 3 is 2.71 bits per heavy atom. The van der Waals surface area contributed by atoms with Crippen LogP contribution in [0.15, 0.2) is 12.4 Å². The van der Waals surface area contributed by atoms with Crippen LogP contribution in [-0.4, -0.2) is 30.2 Å². The average Bonchev–Trinajstić information content (AvgIpc) is 2.58. The quantitative estimate of drug-likeness (QED) is 0.429. The number of nitrogens with zero attached hydrogens (tertiary/aromatic N) is 2. The number of carbonyl (C=O) groups is 1. The number of hydrogen-bond acceptors (Lipinski definition) is 4. The van der Waals surface area contributed by atoms with Gasteiger partial charge in [0, 0.05) is 27.1 Å². The molecule has 0 N–H and O–H groups in total. The molecule has 0 aliphatic heterocycles. The number of hydrogen-bond donors (Lipinski definition) is 0. The van der Waals surface area contributed by atoms with Crippen LogP contribution in [0.1, 0.15) is 10.6 Å². The van der Waals surface area contributed by atoms with Gasteiger partial charge in [-0.15, -0.1) is 0 Å². The first-order valence-electron chi connectivity index (χ1n) is 5.20. The number of carboxylic acid groups (broad SMARTS) is 1. The molecule has 1 aromatic rings. The molecule has 0 amide bonds. The summed E-state index contributed by atoms with van der Waals surface area (Å²) in [6, 6.07) is 1.06. The topological polar surface area (TPSA) is 67.2 Å². The number of ether oxygens (including phenoxy) is 1. The molecule has 1 rings (SSSR count). The molecule has 1 heterocycles. The maximum atomic E-state index is 10.6. The van der Waals surface area contributed by atoms with E-state index in [0.717, 1.165) is 6.04 Å². The number of carboxylic acids is 1. The molecule has 7 heteroatoms. The second-order valence-electron chi connectivity index (χ2n) is 4.86. The molecule has 0 atom stereocenters. The Kier molecular flexibility index (Phi) is 8.05. The predicted molar refractivity (Wildman–Crippen MR) is 60.7 cm³/mol. The van der Waals surface area contributed by atoms with Gasteiger partial charge in [0.1, 0.15) is 12.7 Å². The van der Waals surface area contributed by atoms with E-state index in [9.17, 15) is 9.90 Å². The van der Waals surface area contributed by atoms with E-state index in [1.807, 2.05) is 0 Å². The SMILES string of the molecule is C[Si](C)(C)CCOCn1ccnc1C(=O)[O-].[K+]. The van der Waals surface area contributed by atoms with Crippen molar-refractivity contribution in [1.82, 2.24) is 9.55 Å². The Morgan fingerprint density at radius 1 is 1.53 bits per heavy atom. The second-order valence-corrected chi connectivity index (χ2v) is 10.5. The number of carbonyl (C=O) groups excluding carboxylic acids is 1. The Morgan fingerprint density at radius 2 is 2.18 bits per heavy atom. The van der Waals surface area contributed by atoms with Gasteiger partial charge in [0.2, 0.25) is 0 Å². The molecule has 90 valence electrons. The molecule has 0 aliphatic carbocycles. The van der Waals surface area contributed by atoms with E-state index < -0.39 is 14.0 Å². The summed E-state index contributed by atoms with van der Waals surface area (Å²) in [5.74, 6) is -1.37. The van der Waals surface area contributed by atoms with Crippen molar-refractivity contribution in [2.24, 2.45) is 0 Å². The van der Waals surface area contributed by atoms with Crippen LogP contribution in [0.25, 0.3) is 0 Å². The minimum Gasteiger partial charge on any atom is -0.542 e. The van der Waals surface area contributed by atoms with E-state index in [1.54, 1.807) is 6.20 Å². The van der Waals surface area contributed by atoms with E-state index in [4.69, 9.17) is 4.74 Å². The molecular formula is C10H17KN2O3Si. The summed E-state index contributed by atoms with van der Waals surface area (Å²) in [6.07, 6.45) is 2.99. The Balaban J connectivity index is 0.00000256. The molecule has 0 unspecified atom stereocenters. The van der Waals surface area contributed by atoms with Crippen LogP contribution >= 0.6 is 0 Å². The van der Waals surface area contributed by atoms with E-state index in [2.05, 4.69) is 24.6 Å². The molecule has 1 aromatic heterocycles. The van der Waals surface area contributed by atoms with Gasteiger partial charge in [-0.1, -0.05) is 19.6 Å². The molecule has 0 aromatic carbocycles. The van der Waals surface area contributed by atoms with E-state index in [-0.39, 0.29) is 63.9 Å². The fourth-order valence-corrected chi connectivity index (χ4v) is 1.90. The van der Waals surface area contributed by atoms with Gasteiger partial charge in [-0.2, -0.15) is 0 Å². The van der Waals surface area contributed by atoms with Crippen LogP contribution in [0.5, 0.6) is 0 Å². The summed E-state index contributed by atoms with van der Waals surface area (Å²) in [6.45, 7) is 7.66. The van der Waals surface area contributed by atoms with Gasteiger partial charge >= 0.3 is 51.4 Å². The molecule has 0 aliphatic rings. The van der Waals surface area contributed by atoms with Crippen molar-refractivity contribution in [3.8, 4) is 0 Å². The number of rotatable bonds is 6. The van der Waals surface area contributed by atoms with Gasteiger partial charge in [-0.25, -0.2) is 4.98 Å². The Bertz CT molecular complexity index is 363. The molecule has 5 nitrogen and oxygen atoms in total. The smallest absolute Gasteiger partial charge is 0.542 e. The predicted octanol–water partition coefficient (Wildman–Crippen LogP) is -2.44. The third-order valence-electron chi connectivity index (χ3n) is 2.12. The molecular weight excluding hydrogens is 263 g/mol. The van der Waals surface area contributed by atoms with E-state index >= 15 is 0 Å². The van der Waals surface area contributed by atoms with Gasteiger partial charge in [-0.05, 0) is 6.04 Å². The number of imidazole rings is 1. The van der Waals surface area contributed by atoms with Gasteiger partial charge in [-0.3, -0.25) is 0 Å². The van der Waals surface area contributed by atoms with Crippen molar-refractivity contribution >= 4 is 14.0 Å². The zero-order valence-corrected chi connectivity index (χ0v) is 15.0. The van der Waals surface area contributed by atoms with Gasteiger partial charge < -0.3 is 19.2 Å².